The van der Waals surface area contributed by atoms with Crippen molar-refractivity contribution in [1.82, 2.24) is 4.57 Å². The number of ether oxygens (including phenoxy) is 2. The van der Waals surface area contributed by atoms with E-state index in [2.05, 4.69) is 30.0 Å². The predicted molar refractivity (Wildman–Crippen MR) is 164 cm³/mol. The Balaban J connectivity index is 1.57. The van der Waals surface area contributed by atoms with Crippen LogP contribution in [0.3, 0.4) is 0 Å². The highest BCUT2D eigenvalue weighted by Crippen LogP contribution is 2.40. The Labute approximate surface area is 242 Å². The Morgan fingerprint density at radius 3 is 2.61 bits per heavy atom. The van der Waals surface area contributed by atoms with E-state index < -0.39 is 12.0 Å². The zero-order valence-electron chi connectivity index (χ0n) is 23.8. The van der Waals surface area contributed by atoms with E-state index in [0.717, 1.165) is 40.6 Å². The van der Waals surface area contributed by atoms with E-state index in [9.17, 15) is 9.59 Å². The number of nitrogens with zero attached hydrogens (tertiary/aromatic N) is 3. The van der Waals surface area contributed by atoms with E-state index in [1.807, 2.05) is 42.5 Å². The first kappa shape index (κ1) is 27.0. The third-order valence-electron chi connectivity index (χ3n) is 7.95. The van der Waals surface area contributed by atoms with Gasteiger partial charge in [0.05, 0.1) is 29.5 Å². The molecule has 3 aromatic carbocycles. The number of allylic oxidation sites excluding steroid dienone is 1. The fourth-order valence-corrected chi connectivity index (χ4v) is 6.97. The summed E-state index contributed by atoms with van der Waals surface area (Å²) in [6.45, 7) is 8.03. The fraction of sp³-hybridized carbons (Fsp3) is 0.303. The molecule has 2 aliphatic heterocycles. The van der Waals surface area contributed by atoms with E-state index in [-0.39, 0.29) is 12.2 Å². The van der Waals surface area contributed by atoms with E-state index in [1.54, 1.807) is 25.5 Å². The van der Waals surface area contributed by atoms with Crippen LogP contribution < -0.4 is 24.5 Å². The van der Waals surface area contributed by atoms with E-state index >= 15 is 0 Å². The monoisotopic (exact) mass is 567 g/mol. The highest BCUT2D eigenvalue weighted by molar-refractivity contribution is 7.07. The molecule has 1 fully saturated rings. The number of methoxy groups -OCH3 is 1. The number of carbonyl (C=O) groups excluding carboxylic acids is 1. The second kappa shape index (κ2) is 11.0. The summed E-state index contributed by atoms with van der Waals surface area (Å²) >= 11 is 1.33. The highest BCUT2D eigenvalue weighted by Gasteiger charge is 2.36. The molecule has 1 saturated heterocycles. The van der Waals surface area contributed by atoms with E-state index in [0.29, 0.717) is 26.4 Å². The summed E-state index contributed by atoms with van der Waals surface area (Å²) < 4.78 is 13.5. The number of aromatic nitrogens is 1. The minimum Gasteiger partial charge on any atom is -0.496 e. The normalized spacial score (nSPS) is 17.1. The van der Waals surface area contributed by atoms with Gasteiger partial charge in [-0.2, -0.15) is 0 Å². The molecular formula is C33H33N3O4S. The zero-order valence-corrected chi connectivity index (χ0v) is 24.6. The maximum absolute atomic E-state index is 14.2. The van der Waals surface area contributed by atoms with Crippen LogP contribution in [0, 0.1) is 6.92 Å². The summed E-state index contributed by atoms with van der Waals surface area (Å²) in [5.41, 5.74) is 4.72. The number of benzene rings is 3. The van der Waals surface area contributed by atoms with Crippen molar-refractivity contribution in [2.75, 3.05) is 31.7 Å². The van der Waals surface area contributed by atoms with Crippen LogP contribution in [-0.2, 0) is 9.53 Å². The van der Waals surface area contributed by atoms with Crippen molar-refractivity contribution in [3.05, 3.63) is 102 Å². The van der Waals surface area contributed by atoms with Crippen molar-refractivity contribution >= 4 is 39.8 Å². The summed E-state index contributed by atoms with van der Waals surface area (Å²) in [6.07, 6.45) is 4.38. The van der Waals surface area contributed by atoms with Gasteiger partial charge in [-0.15, -0.1) is 0 Å². The lowest BCUT2D eigenvalue weighted by molar-refractivity contribution is -0.139. The lowest BCUT2D eigenvalue weighted by atomic mass is 9.90. The summed E-state index contributed by atoms with van der Waals surface area (Å²) in [4.78, 5) is 35.3. The van der Waals surface area contributed by atoms with Gasteiger partial charge in [0.25, 0.3) is 5.56 Å². The van der Waals surface area contributed by atoms with Crippen molar-refractivity contribution in [3.63, 3.8) is 0 Å². The Morgan fingerprint density at radius 2 is 1.88 bits per heavy atom. The van der Waals surface area contributed by atoms with Crippen molar-refractivity contribution in [3.8, 4) is 5.75 Å². The summed E-state index contributed by atoms with van der Waals surface area (Å²) in [7, 11) is 1.60. The Morgan fingerprint density at radius 1 is 1.10 bits per heavy atom. The zero-order chi connectivity index (χ0) is 28.7. The van der Waals surface area contributed by atoms with Gasteiger partial charge in [-0.25, -0.2) is 9.79 Å². The molecule has 41 heavy (non-hydrogen) atoms. The molecule has 2 aliphatic rings. The van der Waals surface area contributed by atoms with Crippen LogP contribution in [0.15, 0.2) is 75.7 Å². The molecule has 0 aliphatic carbocycles. The number of esters is 1. The Bertz CT molecular complexity index is 1880. The van der Waals surface area contributed by atoms with Crippen LogP contribution in [-0.4, -0.2) is 37.3 Å². The third kappa shape index (κ3) is 4.76. The fourth-order valence-electron chi connectivity index (χ4n) is 5.94. The van der Waals surface area contributed by atoms with Gasteiger partial charge >= 0.3 is 5.97 Å². The van der Waals surface area contributed by atoms with Gasteiger partial charge in [0, 0.05) is 24.3 Å². The second-order valence-electron chi connectivity index (χ2n) is 10.4. The molecule has 6 rings (SSSR count). The molecule has 0 saturated carbocycles. The number of anilines is 1. The molecule has 0 unspecified atom stereocenters. The van der Waals surface area contributed by atoms with Gasteiger partial charge in [-0.1, -0.05) is 47.7 Å². The maximum Gasteiger partial charge on any atom is 0.338 e. The first-order valence-electron chi connectivity index (χ1n) is 14.0. The molecule has 0 bridgehead atoms. The van der Waals surface area contributed by atoms with Crippen LogP contribution in [0.4, 0.5) is 5.69 Å². The number of carbonyl (C=O) groups is 1. The second-order valence-corrected chi connectivity index (χ2v) is 11.4. The van der Waals surface area contributed by atoms with Gasteiger partial charge in [0.1, 0.15) is 11.8 Å². The first-order chi connectivity index (χ1) is 19.9. The molecule has 0 radical (unpaired) electrons. The largest absolute Gasteiger partial charge is 0.496 e. The van der Waals surface area contributed by atoms with Crippen LogP contribution in [0.2, 0.25) is 0 Å². The lowest BCUT2D eigenvalue weighted by Crippen LogP contribution is -2.40. The van der Waals surface area contributed by atoms with Crippen molar-refractivity contribution in [2.24, 2.45) is 4.99 Å². The Kier molecular flexibility index (Phi) is 7.26. The van der Waals surface area contributed by atoms with E-state index in [1.165, 1.54) is 29.9 Å². The maximum atomic E-state index is 14.2. The molecule has 0 N–H and O–H groups in total. The first-order valence-corrected chi connectivity index (χ1v) is 14.8. The number of fused-ring (bicyclic) bond motifs is 2. The topological polar surface area (TPSA) is 73.1 Å². The van der Waals surface area contributed by atoms with Gasteiger partial charge in [0.2, 0.25) is 0 Å². The number of thiazole rings is 1. The summed E-state index contributed by atoms with van der Waals surface area (Å²) in [6, 6.07) is 17.4. The number of hydrogen-bond acceptors (Lipinski definition) is 7. The van der Waals surface area contributed by atoms with Crippen molar-refractivity contribution in [2.45, 2.75) is 39.7 Å². The molecule has 3 heterocycles. The van der Waals surface area contributed by atoms with Crippen LogP contribution in [0.25, 0.3) is 16.8 Å². The molecule has 1 aromatic heterocycles. The molecule has 4 aromatic rings. The lowest BCUT2D eigenvalue weighted by Gasteiger charge is -2.27. The summed E-state index contributed by atoms with van der Waals surface area (Å²) in [5, 5.41) is 1.88. The SMILES string of the molecule is CCOC(=O)C1=C(C)N=c2s/c(=C/c3ccc(N4CCCC4)cc3C)c(=O)n2[C@H]1c1c(OC)ccc2ccccc12. The molecule has 8 heteroatoms. The van der Waals surface area contributed by atoms with Gasteiger partial charge in [-0.05, 0) is 79.8 Å². The highest BCUT2D eigenvalue weighted by atomic mass is 32.1. The third-order valence-corrected chi connectivity index (χ3v) is 8.94. The minimum absolute atomic E-state index is 0.203. The average Bonchev–Trinajstić information content (AvgIpc) is 3.61. The molecule has 1 atom stereocenters. The summed E-state index contributed by atoms with van der Waals surface area (Å²) in [5.74, 6) is 0.101. The molecule has 0 amide bonds. The minimum atomic E-state index is -0.757. The van der Waals surface area contributed by atoms with Crippen LogP contribution in [0.5, 0.6) is 5.75 Å². The van der Waals surface area contributed by atoms with Crippen LogP contribution >= 0.6 is 11.3 Å². The molecular weight excluding hydrogens is 534 g/mol. The number of rotatable bonds is 6. The van der Waals surface area contributed by atoms with Crippen molar-refractivity contribution < 1.29 is 14.3 Å². The number of hydrogen-bond donors (Lipinski definition) is 0. The van der Waals surface area contributed by atoms with Gasteiger partial charge in [-0.3, -0.25) is 9.36 Å². The quantitative estimate of drug-likeness (QED) is 0.311. The standard InChI is InChI=1S/C33H33N3O4S/c1-5-40-32(38)28-21(3)34-33-36(30(28)29-25-11-7-6-10-22(25)13-15-26(29)39-4)31(37)27(41-33)19-23-12-14-24(18-20(23)2)35-16-8-9-17-35/h6-7,10-15,18-19,30H,5,8-9,16-17H2,1-4H3/b27-19+/t30-/m1/s1. The Hall–Kier alpha value is -4.17. The average molecular weight is 568 g/mol. The van der Waals surface area contributed by atoms with Crippen LogP contribution in [0.1, 0.15) is 49.4 Å². The van der Waals surface area contributed by atoms with Gasteiger partial charge in [0.15, 0.2) is 4.80 Å². The molecule has 0 spiro atoms. The molecule has 7 nitrogen and oxygen atoms in total. The number of aryl methyl sites for hydroxylation is 1. The predicted octanol–water partition coefficient (Wildman–Crippen LogP) is 4.87. The molecule has 210 valence electrons. The smallest absolute Gasteiger partial charge is 0.338 e. The van der Waals surface area contributed by atoms with Gasteiger partial charge < -0.3 is 14.4 Å². The van der Waals surface area contributed by atoms with Crippen molar-refractivity contribution in [1.29, 1.82) is 0 Å². The van der Waals surface area contributed by atoms with E-state index in [4.69, 9.17) is 14.5 Å².